The molecule has 0 saturated carbocycles. The third-order valence-electron chi connectivity index (χ3n) is 4.85. The molecule has 3 aromatic rings. The zero-order chi connectivity index (χ0) is 19.3. The molecular weight excluding hydrogens is 352 g/mol. The summed E-state index contributed by atoms with van der Waals surface area (Å²) in [6.07, 6.45) is 5.70. The van der Waals surface area contributed by atoms with Crippen LogP contribution >= 0.6 is 0 Å². The molecule has 6 heteroatoms. The molecular formula is C22H22N4O2. The molecule has 2 aromatic heterocycles. The quantitative estimate of drug-likeness (QED) is 0.746. The van der Waals surface area contributed by atoms with E-state index in [1.54, 1.807) is 23.0 Å². The fraction of sp³-hybridized carbons (Fsp3) is 0.227. The van der Waals surface area contributed by atoms with Crippen molar-refractivity contribution in [1.82, 2.24) is 14.5 Å². The molecule has 1 aliphatic rings. The average molecular weight is 374 g/mol. The summed E-state index contributed by atoms with van der Waals surface area (Å²) in [6, 6.07) is 16.7. The van der Waals surface area contributed by atoms with E-state index >= 15 is 0 Å². The van der Waals surface area contributed by atoms with E-state index in [9.17, 15) is 9.59 Å². The van der Waals surface area contributed by atoms with E-state index in [0.29, 0.717) is 6.54 Å². The van der Waals surface area contributed by atoms with Gasteiger partial charge in [-0.2, -0.15) is 0 Å². The van der Waals surface area contributed by atoms with Crippen molar-refractivity contribution in [3.63, 3.8) is 0 Å². The van der Waals surface area contributed by atoms with Gasteiger partial charge in [-0.05, 0) is 56.3 Å². The fourth-order valence-electron chi connectivity index (χ4n) is 3.46. The molecule has 0 bridgehead atoms. The molecule has 1 N–H and O–H groups in total. The van der Waals surface area contributed by atoms with E-state index in [4.69, 9.17) is 0 Å². The first-order chi connectivity index (χ1) is 13.7. The maximum Gasteiger partial charge on any atom is 0.278 e. The Kier molecular flexibility index (Phi) is 5.30. The van der Waals surface area contributed by atoms with Gasteiger partial charge < -0.3 is 5.32 Å². The van der Waals surface area contributed by atoms with Gasteiger partial charge in [0.2, 0.25) is 5.91 Å². The summed E-state index contributed by atoms with van der Waals surface area (Å²) < 4.78 is 1.55. The molecule has 1 aliphatic heterocycles. The lowest BCUT2D eigenvalue weighted by atomic mass is 10.1. The van der Waals surface area contributed by atoms with Gasteiger partial charge in [0.15, 0.2) is 0 Å². The Balaban J connectivity index is 1.72. The Morgan fingerprint density at radius 3 is 2.50 bits per heavy atom. The molecule has 0 radical (unpaired) electrons. The third-order valence-corrected chi connectivity index (χ3v) is 4.85. The normalized spacial score (nSPS) is 14.1. The lowest BCUT2D eigenvalue weighted by Gasteiger charge is -2.15. The van der Waals surface area contributed by atoms with Crippen LogP contribution in [-0.4, -0.2) is 40.0 Å². The van der Waals surface area contributed by atoms with Gasteiger partial charge in [0, 0.05) is 23.6 Å². The monoisotopic (exact) mass is 374 g/mol. The second kappa shape index (κ2) is 8.19. The number of nitrogens with one attached hydrogen (secondary N) is 1. The number of carbonyl (C=O) groups excluding carboxylic acids is 1. The molecule has 1 saturated heterocycles. The van der Waals surface area contributed by atoms with Gasteiger partial charge >= 0.3 is 0 Å². The van der Waals surface area contributed by atoms with E-state index in [1.807, 2.05) is 48.5 Å². The number of hydrogen-bond donors (Lipinski definition) is 1. The summed E-state index contributed by atoms with van der Waals surface area (Å²) in [5.74, 6) is -0.170. The maximum atomic E-state index is 13.0. The zero-order valence-corrected chi connectivity index (χ0v) is 15.5. The second-order valence-corrected chi connectivity index (χ2v) is 6.90. The molecule has 0 spiro atoms. The van der Waals surface area contributed by atoms with Gasteiger partial charge in [-0.15, -0.1) is 0 Å². The first-order valence-electron chi connectivity index (χ1n) is 9.46. The molecule has 142 valence electrons. The van der Waals surface area contributed by atoms with Crippen molar-refractivity contribution < 1.29 is 4.79 Å². The van der Waals surface area contributed by atoms with E-state index in [0.717, 1.165) is 42.9 Å². The standard InChI is InChI=1S/C22H22N4O2/c27-21(16-25-12-6-7-13-25)24-20-14-17(19-10-4-5-11-23-19)15-26(22(20)28)18-8-2-1-3-9-18/h1-5,8-11,14-15H,6-7,12-13,16H2,(H,24,27). The number of pyridine rings is 2. The third kappa shape index (κ3) is 4.02. The van der Waals surface area contributed by atoms with Crippen LogP contribution in [0, 0.1) is 0 Å². The highest BCUT2D eigenvalue weighted by atomic mass is 16.2. The van der Waals surface area contributed by atoms with Crippen molar-refractivity contribution in [3.05, 3.63) is 77.3 Å². The number of anilines is 1. The number of para-hydroxylation sites is 1. The summed E-state index contributed by atoms with van der Waals surface area (Å²) in [5.41, 5.74) is 2.24. The Morgan fingerprint density at radius 1 is 1.04 bits per heavy atom. The molecule has 28 heavy (non-hydrogen) atoms. The molecule has 4 rings (SSSR count). The predicted molar refractivity (Wildman–Crippen MR) is 110 cm³/mol. The summed E-state index contributed by atoms with van der Waals surface area (Å²) >= 11 is 0. The van der Waals surface area contributed by atoms with Crippen LogP contribution < -0.4 is 10.9 Å². The summed E-state index contributed by atoms with van der Waals surface area (Å²) in [5, 5.41) is 2.82. The Bertz CT molecular complexity index is 1010. The highest BCUT2D eigenvalue weighted by Gasteiger charge is 2.17. The van der Waals surface area contributed by atoms with Gasteiger partial charge in [0.1, 0.15) is 5.69 Å². The summed E-state index contributed by atoms with van der Waals surface area (Å²) in [7, 11) is 0. The van der Waals surface area contributed by atoms with Crippen molar-refractivity contribution in [2.45, 2.75) is 12.8 Å². The van der Waals surface area contributed by atoms with Gasteiger partial charge in [-0.25, -0.2) is 0 Å². The van der Waals surface area contributed by atoms with Crippen LogP contribution in [0.1, 0.15) is 12.8 Å². The topological polar surface area (TPSA) is 67.2 Å². The lowest BCUT2D eigenvalue weighted by molar-refractivity contribution is -0.117. The molecule has 6 nitrogen and oxygen atoms in total. The van der Waals surface area contributed by atoms with Crippen molar-refractivity contribution >= 4 is 11.6 Å². The van der Waals surface area contributed by atoms with Crippen molar-refractivity contribution in [3.8, 4) is 16.9 Å². The number of amides is 1. The maximum absolute atomic E-state index is 13.0. The highest BCUT2D eigenvalue weighted by molar-refractivity contribution is 5.92. The van der Waals surface area contributed by atoms with Crippen LogP contribution in [0.25, 0.3) is 16.9 Å². The molecule has 1 aromatic carbocycles. The van der Waals surface area contributed by atoms with Gasteiger partial charge in [-0.3, -0.25) is 24.0 Å². The van der Waals surface area contributed by atoms with E-state index in [-0.39, 0.29) is 17.2 Å². The Labute approximate surface area is 163 Å². The van der Waals surface area contributed by atoms with E-state index < -0.39 is 0 Å². The van der Waals surface area contributed by atoms with Gasteiger partial charge in [0.05, 0.1) is 12.2 Å². The molecule has 1 fully saturated rings. The first-order valence-corrected chi connectivity index (χ1v) is 9.46. The van der Waals surface area contributed by atoms with E-state index in [2.05, 4.69) is 15.2 Å². The SMILES string of the molecule is O=C(CN1CCCC1)Nc1cc(-c2ccccn2)cn(-c2ccccc2)c1=O. The number of rotatable bonds is 5. The van der Waals surface area contributed by atoms with Gasteiger partial charge in [0.25, 0.3) is 5.56 Å². The summed E-state index contributed by atoms with van der Waals surface area (Å²) in [4.78, 5) is 32.0. The second-order valence-electron chi connectivity index (χ2n) is 6.90. The number of benzene rings is 1. The van der Waals surface area contributed by atoms with Crippen molar-refractivity contribution in [2.24, 2.45) is 0 Å². The fourth-order valence-corrected chi connectivity index (χ4v) is 3.46. The number of aromatic nitrogens is 2. The zero-order valence-electron chi connectivity index (χ0n) is 15.5. The van der Waals surface area contributed by atoms with Crippen LogP contribution in [0.2, 0.25) is 0 Å². The molecule has 3 heterocycles. The number of hydrogen-bond acceptors (Lipinski definition) is 4. The molecule has 1 amide bonds. The van der Waals surface area contributed by atoms with Crippen LogP contribution in [0.3, 0.4) is 0 Å². The Morgan fingerprint density at radius 2 is 1.79 bits per heavy atom. The average Bonchev–Trinajstić information content (AvgIpc) is 3.23. The minimum atomic E-state index is -0.263. The first kappa shape index (κ1) is 18.1. The van der Waals surface area contributed by atoms with Gasteiger partial charge in [-0.1, -0.05) is 24.3 Å². The minimum absolute atomic E-state index is 0.170. The van der Waals surface area contributed by atoms with E-state index in [1.165, 1.54) is 0 Å². The minimum Gasteiger partial charge on any atom is -0.320 e. The predicted octanol–water partition coefficient (Wildman–Crippen LogP) is 2.93. The van der Waals surface area contributed by atoms with Crippen molar-refractivity contribution in [2.75, 3.05) is 25.0 Å². The van der Waals surface area contributed by atoms with Crippen LogP contribution in [0.5, 0.6) is 0 Å². The lowest BCUT2D eigenvalue weighted by Crippen LogP contribution is -2.33. The summed E-state index contributed by atoms with van der Waals surface area (Å²) in [6.45, 7) is 2.16. The smallest absolute Gasteiger partial charge is 0.278 e. The molecule has 0 atom stereocenters. The largest absolute Gasteiger partial charge is 0.320 e. The van der Waals surface area contributed by atoms with Crippen molar-refractivity contribution in [1.29, 1.82) is 0 Å². The van der Waals surface area contributed by atoms with Crippen LogP contribution in [-0.2, 0) is 4.79 Å². The number of carbonyl (C=O) groups is 1. The van der Waals surface area contributed by atoms with Crippen LogP contribution in [0.15, 0.2) is 71.8 Å². The highest BCUT2D eigenvalue weighted by Crippen LogP contribution is 2.20. The van der Waals surface area contributed by atoms with Crippen LogP contribution in [0.4, 0.5) is 5.69 Å². The Hall–Kier alpha value is -3.25. The molecule has 0 unspecified atom stereocenters. The number of nitrogens with zero attached hydrogens (tertiary/aromatic N) is 3. The molecule has 0 aliphatic carbocycles. The number of likely N-dealkylation sites (tertiary alicyclic amines) is 1.